The predicted molar refractivity (Wildman–Crippen MR) is 81.8 cm³/mol. The summed E-state index contributed by atoms with van der Waals surface area (Å²) in [6.45, 7) is 8.73. The molecule has 1 aromatic carbocycles. The topological polar surface area (TPSA) is 56.8 Å². The average molecular weight is 295 g/mol. The van der Waals surface area contributed by atoms with E-state index in [9.17, 15) is 4.79 Å². The molecule has 5 nitrogen and oxygen atoms in total. The zero-order chi connectivity index (χ0) is 15.8. The highest BCUT2D eigenvalue weighted by Crippen LogP contribution is 2.30. The molecule has 5 heteroatoms. The molecule has 0 amide bonds. The Bertz CT molecular complexity index is 462. The van der Waals surface area contributed by atoms with Gasteiger partial charge in [-0.3, -0.25) is 0 Å². The van der Waals surface area contributed by atoms with E-state index >= 15 is 0 Å². The lowest BCUT2D eigenvalue weighted by Gasteiger charge is -2.21. The fraction of sp³-hybridized carbons (Fsp3) is 0.562. The van der Waals surface area contributed by atoms with Gasteiger partial charge in [0.15, 0.2) is 6.10 Å². The number of methoxy groups -OCH3 is 1. The summed E-state index contributed by atoms with van der Waals surface area (Å²) in [6.07, 6.45) is -0.662. The van der Waals surface area contributed by atoms with Gasteiger partial charge < -0.3 is 19.5 Å². The van der Waals surface area contributed by atoms with Crippen LogP contribution in [-0.2, 0) is 9.53 Å². The summed E-state index contributed by atoms with van der Waals surface area (Å²) in [5.74, 6) is 0.944. The Hall–Kier alpha value is -1.75. The second kappa shape index (κ2) is 8.52. The number of nitrogens with one attached hydrogen (secondary N) is 1. The second-order valence-electron chi connectivity index (χ2n) is 4.70. The summed E-state index contributed by atoms with van der Waals surface area (Å²) in [4.78, 5) is 11.7. The quantitative estimate of drug-likeness (QED) is 0.747. The third-order valence-electron chi connectivity index (χ3n) is 3.12. The molecule has 0 saturated carbocycles. The van der Waals surface area contributed by atoms with Crippen LogP contribution in [0.15, 0.2) is 18.2 Å². The zero-order valence-electron chi connectivity index (χ0n) is 13.4. The summed E-state index contributed by atoms with van der Waals surface area (Å²) in [6, 6.07) is 5.73. The van der Waals surface area contributed by atoms with Crippen molar-refractivity contribution in [3.8, 4) is 11.5 Å². The summed E-state index contributed by atoms with van der Waals surface area (Å²) in [5, 5.41) is 3.33. The Labute approximate surface area is 126 Å². The Morgan fingerprint density at radius 2 is 2.00 bits per heavy atom. The summed E-state index contributed by atoms with van der Waals surface area (Å²) in [5.41, 5.74) is 0.980. The molecule has 0 saturated heterocycles. The smallest absolute Gasteiger partial charge is 0.347 e. The number of ether oxygens (including phenoxy) is 3. The molecule has 0 radical (unpaired) electrons. The Morgan fingerprint density at radius 3 is 2.57 bits per heavy atom. The molecular formula is C16H25NO4. The first-order chi connectivity index (χ1) is 10.0. The van der Waals surface area contributed by atoms with Crippen molar-refractivity contribution in [2.24, 2.45) is 0 Å². The molecule has 0 aliphatic carbocycles. The van der Waals surface area contributed by atoms with Gasteiger partial charge in [0.25, 0.3) is 0 Å². The van der Waals surface area contributed by atoms with E-state index in [1.807, 2.05) is 26.0 Å². The molecule has 2 unspecified atom stereocenters. The number of esters is 1. The number of rotatable bonds is 8. The monoisotopic (exact) mass is 295 g/mol. The van der Waals surface area contributed by atoms with Gasteiger partial charge in [-0.25, -0.2) is 4.79 Å². The van der Waals surface area contributed by atoms with E-state index in [1.165, 1.54) is 0 Å². The predicted octanol–water partition coefficient (Wildman–Crippen LogP) is 2.70. The number of hydrogen-bond acceptors (Lipinski definition) is 5. The molecule has 118 valence electrons. The first-order valence-corrected chi connectivity index (χ1v) is 7.28. The molecule has 2 atom stereocenters. The average Bonchev–Trinajstić information content (AvgIpc) is 2.47. The van der Waals surface area contributed by atoms with E-state index in [0.717, 1.165) is 12.1 Å². The number of hydrogen-bond donors (Lipinski definition) is 1. The molecule has 0 aliphatic rings. The van der Waals surface area contributed by atoms with Gasteiger partial charge in [-0.05, 0) is 33.4 Å². The highest BCUT2D eigenvalue weighted by atomic mass is 16.6. The van der Waals surface area contributed by atoms with Crippen molar-refractivity contribution in [1.29, 1.82) is 0 Å². The molecule has 0 aromatic heterocycles. The lowest BCUT2D eigenvalue weighted by atomic mass is 10.1. The largest absolute Gasteiger partial charge is 0.497 e. The minimum absolute atomic E-state index is 0.116. The third-order valence-corrected chi connectivity index (χ3v) is 3.12. The molecule has 0 heterocycles. The van der Waals surface area contributed by atoms with Crippen LogP contribution in [0.3, 0.4) is 0 Å². The number of carbonyl (C=O) groups excluding carboxylic acids is 1. The van der Waals surface area contributed by atoms with Crippen LogP contribution < -0.4 is 14.8 Å². The van der Waals surface area contributed by atoms with Crippen molar-refractivity contribution < 1.29 is 19.0 Å². The maximum atomic E-state index is 11.7. The van der Waals surface area contributed by atoms with Gasteiger partial charge in [0.05, 0.1) is 13.7 Å². The summed E-state index contributed by atoms with van der Waals surface area (Å²) in [7, 11) is 1.60. The molecule has 1 N–H and O–H groups in total. The van der Waals surface area contributed by atoms with Crippen molar-refractivity contribution in [1.82, 2.24) is 5.32 Å². The van der Waals surface area contributed by atoms with E-state index in [4.69, 9.17) is 14.2 Å². The van der Waals surface area contributed by atoms with Crippen LogP contribution >= 0.6 is 0 Å². The third kappa shape index (κ3) is 4.93. The van der Waals surface area contributed by atoms with Crippen LogP contribution in [0.5, 0.6) is 11.5 Å². The molecular weight excluding hydrogens is 270 g/mol. The van der Waals surface area contributed by atoms with Crippen LogP contribution in [0.4, 0.5) is 0 Å². The van der Waals surface area contributed by atoms with Gasteiger partial charge in [0, 0.05) is 17.7 Å². The molecule has 0 fully saturated rings. The first kappa shape index (κ1) is 17.3. The van der Waals surface area contributed by atoms with Crippen LogP contribution in [0.25, 0.3) is 0 Å². The Balaban J connectivity index is 2.98. The van der Waals surface area contributed by atoms with E-state index in [-0.39, 0.29) is 12.0 Å². The fourth-order valence-corrected chi connectivity index (χ4v) is 2.02. The van der Waals surface area contributed by atoms with Crippen LogP contribution in [0.1, 0.15) is 39.3 Å². The van der Waals surface area contributed by atoms with Crippen molar-refractivity contribution in [2.45, 2.75) is 39.8 Å². The van der Waals surface area contributed by atoms with E-state index in [0.29, 0.717) is 18.1 Å². The second-order valence-corrected chi connectivity index (χ2v) is 4.70. The molecule has 21 heavy (non-hydrogen) atoms. The molecule has 0 aliphatic heterocycles. The van der Waals surface area contributed by atoms with Crippen LogP contribution in [0, 0.1) is 0 Å². The lowest BCUT2D eigenvalue weighted by molar-refractivity contribution is -0.150. The van der Waals surface area contributed by atoms with E-state index < -0.39 is 6.10 Å². The lowest BCUT2D eigenvalue weighted by Crippen LogP contribution is -2.27. The van der Waals surface area contributed by atoms with Crippen molar-refractivity contribution in [3.05, 3.63) is 23.8 Å². The Kier molecular flexibility index (Phi) is 7.02. The minimum Gasteiger partial charge on any atom is -0.497 e. The van der Waals surface area contributed by atoms with Gasteiger partial charge >= 0.3 is 5.97 Å². The fourth-order valence-electron chi connectivity index (χ4n) is 2.02. The normalized spacial score (nSPS) is 13.4. The van der Waals surface area contributed by atoms with Crippen LogP contribution in [0.2, 0.25) is 0 Å². The van der Waals surface area contributed by atoms with Gasteiger partial charge in [0.2, 0.25) is 0 Å². The van der Waals surface area contributed by atoms with Crippen molar-refractivity contribution in [2.75, 3.05) is 20.3 Å². The standard InChI is InChI=1S/C16H25NO4/c1-6-17-11(3)14-9-8-13(19-5)10-15(14)21-12(4)16(18)20-7-2/h8-12,17H,6-7H2,1-5H3. The van der Waals surface area contributed by atoms with Gasteiger partial charge in [0.1, 0.15) is 11.5 Å². The summed E-state index contributed by atoms with van der Waals surface area (Å²) < 4.78 is 16.0. The van der Waals surface area contributed by atoms with Gasteiger partial charge in [-0.15, -0.1) is 0 Å². The highest BCUT2D eigenvalue weighted by molar-refractivity contribution is 5.74. The first-order valence-electron chi connectivity index (χ1n) is 7.28. The maximum Gasteiger partial charge on any atom is 0.347 e. The van der Waals surface area contributed by atoms with Gasteiger partial charge in [-0.2, -0.15) is 0 Å². The molecule has 1 rings (SSSR count). The molecule has 0 spiro atoms. The van der Waals surface area contributed by atoms with E-state index in [1.54, 1.807) is 27.0 Å². The zero-order valence-corrected chi connectivity index (χ0v) is 13.4. The maximum absolute atomic E-state index is 11.7. The minimum atomic E-state index is -0.662. The SMILES string of the molecule is CCNC(C)c1ccc(OC)cc1OC(C)C(=O)OCC. The Morgan fingerprint density at radius 1 is 1.29 bits per heavy atom. The molecule has 0 bridgehead atoms. The van der Waals surface area contributed by atoms with Crippen molar-refractivity contribution >= 4 is 5.97 Å². The van der Waals surface area contributed by atoms with Crippen molar-refractivity contribution in [3.63, 3.8) is 0 Å². The van der Waals surface area contributed by atoms with Gasteiger partial charge in [-0.1, -0.05) is 13.0 Å². The number of carbonyl (C=O) groups is 1. The number of benzene rings is 1. The van der Waals surface area contributed by atoms with E-state index in [2.05, 4.69) is 5.32 Å². The summed E-state index contributed by atoms with van der Waals surface area (Å²) >= 11 is 0. The molecule has 1 aromatic rings. The highest BCUT2D eigenvalue weighted by Gasteiger charge is 2.19. The van der Waals surface area contributed by atoms with Crippen LogP contribution in [-0.4, -0.2) is 32.3 Å².